The fourth-order valence-corrected chi connectivity index (χ4v) is 1.09. The van der Waals surface area contributed by atoms with Gasteiger partial charge in [0.05, 0.1) is 6.61 Å². The minimum atomic E-state index is -0.351. The van der Waals surface area contributed by atoms with Crippen LogP contribution in [0.5, 0.6) is 5.75 Å². The van der Waals surface area contributed by atoms with Gasteiger partial charge in [-0.1, -0.05) is 6.08 Å². The molecule has 0 aliphatic rings. The fraction of sp³-hybridized carbons (Fsp3) is 0.333. The second-order valence-corrected chi connectivity index (χ2v) is 2.99. The van der Waals surface area contributed by atoms with E-state index in [1.807, 2.05) is 6.08 Å². The Morgan fingerprint density at radius 2 is 2.19 bits per heavy atom. The average molecular weight is 297 g/mol. The van der Waals surface area contributed by atoms with Gasteiger partial charge in [-0.3, -0.25) is 4.39 Å². The molecule has 0 bridgehead atoms. The normalized spacial score (nSPS) is 8.56. The van der Waals surface area contributed by atoms with E-state index in [0.717, 1.165) is 19.3 Å². The molecule has 0 saturated carbocycles. The summed E-state index contributed by atoms with van der Waals surface area (Å²) in [5.41, 5.74) is 0. The van der Waals surface area contributed by atoms with Gasteiger partial charge in [-0.2, -0.15) is 12.1 Å². The molecular formula is C12H14BrFMgO. The Morgan fingerprint density at radius 1 is 1.44 bits per heavy atom. The third-order valence-electron chi connectivity index (χ3n) is 1.84. The number of benzene rings is 1. The van der Waals surface area contributed by atoms with Crippen LogP contribution in [-0.4, -0.2) is 29.7 Å². The Bertz CT molecular complexity index is 294. The number of hydrogen-bond acceptors (Lipinski definition) is 1. The third kappa shape index (κ3) is 7.25. The molecule has 0 saturated heterocycles. The zero-order chi connectivity index (χ0) is 10.2. The minimum absolute atomic E-state index is 0. The average Bonchev–Trinajstić information content (AvgIpc) is 2.20. The van der Waals surface area contributed by atoms with Gasteiger partial charge < -0.3 is 21.7 Å². The number of hydrogen-bond donors (Lipinski definition) is 0. The first-order valence-corrected chi connectivity index (χ1v) is 4.74. The second kappa shape index (κ2) is 11.4. The van der Waals surface area contributed by atoms with Crippen LogP contribution >= 0.6 is 0 Å². The summed E-state index contributed by atoms with van der Waals surface area (Å²) in [6.07, 6.45) is 4.81. The van der Waals surface area contributed by atoms with E-state index < -0.39 is 0 Å². The van der Waals surface area contributed by atoms with Crippen LogP contribution in [0.2, 0.25) is 0 Å². The van der Waals surface area contributed by atoms with E-state index >= 15 is 0 Å². The molecule has 0 unspecified atom stereocenters. The first-order chi connectivity index (χ1) is 6.84. The maximum atomic E-state index is 13.0. The third-order valence-corrected chi connectivity index (χ3v) is 1.84. The molecular weight excluding hydrogens is 283 g/mol. The smallest absolute Gasteiger partial charge is 1.00 e. The second-order valence-electron chi connectivity index (χ2n) is 2.99. The van der Waals surface area contributed by atoms with Crippen molar-refractivity contribution in [3.8, 4) is 5.75 Å². The Kier molecular flexibility index (Phi) is 13.1. The quantitative estimate of drug-likeness (QED) is 0.310. The summed E-state index contributed by atoms with van der Waals surface area (Å²) in [6.45, 7) is 4.18. The first-order valence-electron chi connectivity index (χ1n) is 4.74. The Balaban J connectivity index is 0. The van der Waals surface area contributed by atoms with E-state index in [1.54, 1.807) is 12.1 Å². The molecule has 0 atom stereocenters. The number of ether oxygens (including phenoxy) is 1. The monoisotopic (exact) mass is 296 g/mol. The summed E-state index contributed by atoms with van der Waals surface area (Å²) in [6, 6.07) is 7.15. The van der Waals surface area contributed by atoms with E-state index in [-0.39, 0.29) is 45.9 Å². The van der Waals surface area contributed by atoms with Crippen molar-refractivity contribution in [3.05, 3.63) is 42.7 Å². The van der Waals surface area contributed by atoms with Crippen molar-refractivity contribution in [2.24, 2.45) is 0 Å². The van der Waals surface area contributed by atoms with Crippen molar-refractivity contribution in [2.75, 3.05) is 6.61 Å². The van der Waals surface area contributed by atoms with Crippen molar-refractivity contribution >= 4 is 23.1 Å². The van der Waals surface area contributed by atoms with Crippen molar-refractivity contribution in [2.45, 2.75) is 19.3 Å². The summed E-state index contributed by atoms with van der Waals surface area (Å²) in [5, 5.41) is 0. The maximum Gasteiger partial charge on any atom is 2.00 e. The molecule has 0 radical (unpaired) electrons. The molecule has 1 rings (SSSR count). The predicted octanol–water partition coefficient (Wildman–Crippen LogP) is -0.0158. The van der Waals surface area contributed by atoms with E-state index in [9.17, 15) is 4.39 Å². The van der Waals surface area contributed by atoms with Crippen LogP contribution < -0.4 is 21.7 Å². The standard InChI is InChI=1S/C12H14FO.BrH.Mg/c1-2-3-4-7-10-14-12-9-6-5-8-11(12)13;;/h2,6,8-9H,1,3-4,7,10H2;1H;/q-1;;+2/p-1. The Hall–Kier alpha value is -0.0638. The topological polar surface area (TPSA) is 9.23 Å². The van der Waals surface area contributed by atoms with Crippen LogP contribution in [-0.2, 0) is 0 Å². The molecule has 4 heteroatoms. The van der Waals surface area contributed by atoms with Crippen molar-refractivity contribution in [1.82, 2.24) is 0 Å². The number of halogens is 2. The largest absolute Gasteiger partial charge is 2.00 e. The van der Waals surface area contributed by atoms with Crippen LogP contribution in [0.1, 0.15) is 19.3 Å². The van der Waals surface area contributed by atoms with Crippen LogP contribution in [0.15, 0.2) is 30.9 Å². The molecule has 0 heterocycles. The summed E-state index contributed by atoms with van der Waals surface area (Å²) < 4.78 is 18.2. The first kappa shape index (κ1) is 18.3. The number of unbranched alkanes of at least 4 members (excludes halogenated alkanes) is 2. The molecule has 0 spiro atoms. The predicted molar refractivity (Wildman–Crippen MR) is 60.5 cm³/mol. The van der Waals surface area contributed by atoms with Gasteiger partial charge in [-0.25, -0.2) is 0 Å². The summed E-state index contributed by atoms with van der Waals surface area (Å²) in [7, 11) is 0. The summed E-state index contributed by atoms with van der Waals surface area (Å²) in [5.74, 6) is -0.0430. The van der Waals surface area contributed by atoms with Gasteiger partial charge in [-0.05, 0) is 19.3 Å². The summed E-state index contributed by atoms with van der Waals surface area (Å²) >= 11 is 0. The molecule has 1 aromatic carbocycles. The van der Waals surface area contributed by atoms with Crippen LogP contribution in [0.4, 0.5) is 4.39 Å². The molecule has 16 heavy (non-hydrogen) atoms. The van der Waals surface area contributed by atoms with E-state index in [0.29, 0.717) is 12.4 Å². The van der Waals surface area contributed by atoms with Crippen LogP contribution in [0, 0.1) is 11.9 Å². The molecule has 84 valence electrons. The van der Waals surface area contributed by atoms with Gasteiger partial charge in [0.2, 0.25) is 0 Å². The van der Waals surface area contributed by atoms with Gasteiger partial charge in [0.25, 0.3) is 0 Å². The van der Waals surface area contributed by atoms with Gasteiger partial charge in [0.15, 0.2) is 0 Å². The van der Waals surface area contributed by atoms with Crippen LogP contribution in [0.25, 0.3) is 0 Å². The number of rotatable bonds is 6. The SMILES string of the molecule is C=CCCCCOc1cc[c-]cc1F.[Br-].[Mg+2]. The zero-order valence-electron chi connectivity index (χ0n) is 9.22. The zero-order valence-corrected chi connectivity index (χ0v) is 12.2. The van der Waals surface area contributed by atoms with Gasteiger partial charge >= 0.3 is 23.1 Å². The van der Waals surface area contributed by atoms with E-state index in [1.165, 1.54) is 6.07 Å². The van der Waals surface area contributed by atoms with Crippen molar-refractivity contribution < 1.29 is 26.1 Å². The molecule has 1 nitrogen and oxygen atoms in total. The minimum Gasteiger partial charge on any atom is -1.00 e. The molecule has 0 N–H and O–H groups in total. The van der Waals surface area contributed by atoms with Gasteiger partial charge in [-0.15, -0.1) is 18.7 Å². The number of allylic oxidation sites excluding steroid dienone is 1. The van der Waals surface area contributed by atoms with E-state index in [2.05, 4.69) is 12.6 Å². The summed E-state index contributed by atoms with van der Waals surface area (Å²) in [4.78, 5) is 0. The Labute approximate surface area is 123 Å². The fourth-order valence-electron chi connectivity index (χ4n) is 1.09. The molecule has 0 aromatic heterocycles. The maximum absolute atomic E-state index is 13.0. The molecule has 1 aromatic rings. The van der Waals surface area contributed by atoms with Crippen LogP contribution in [0.3, 0.4) is 0 Å². The van der Waals surface area contributed by atoms with E-state index in [4.69, 9.17) is 4.74 Å². The molecule has 0 aliphatic heterocycles. The van der Waals surface area contributed by atoms with Gasteiger partial charge in [0.1, 0.15) is 0 Å². The molecule has 0 fully saturated rings. The van der Waals surface area contributed by atoms with Crippen molar-refractivity contribution in [1.29, 1.82) is 0 Å². The van der Waals surface area contributed by atoms with Crippen molar-refractivity contribution in [3.63, 3.8) is 0 Å². The molecule has 0 amide bonds. The van der Waals surface area contributed by atoms with Gasteiger partial charge in [0, 0.05) is 11.6 Å². The molecule has 0 aliphatic carbocycles. The Morgan fingerprint density at radius 3 is 2.81 bits per heavy atom.